The molecule has 7 nitrogen and oxygen atoms in total. The number of fused-ring (bicyclic) bond motifs is 1. The van der Waals surface area contributed by atoms with Crippen molar-refractivity contribution in [1.82, 2.24) is 4.90 Å². The van der Waals surface area contributed by atoms with Gasteiger partial charge in [0.2, 0.25) is 0 Å². The molecule has 0 aliphatic carbocycles. The lowest BCUT2D eigenvalue weighted by Crippen LogP contribution is -2.47. The molecule has 5 rings (SSSR count). The second kappa shape index (κ2) is 10.2. The van der Waals surface area contributed by atoms with Crippen LogP contribution >= 0.6 is 0 Å². The lowest BCUT2D eigenvalue weighted by molar-refractivity contribution is 0.0980. The smallest absolute Gasteiger partial charge is 0.258 e. The maximum Gasteiger partial charge on any atom is 0.258 e. The molecular formula is C27H35N3O4S. The zero-order valence-electron chi connectivity index (χ0n) is 20.5. The molecule has 0 N–H and O–H groups in total. The van der Waals surface area contributed by atoms with Gasteiger partial charge in [0.25, 0.3) is 5.91 Å². The van der Waals surface area contributed by atoms with E-state index in [4.69, 9.17) is 4.74 Å². The Bertz CT molecular complexity index is 1150. The number of amides is 1. The first-order valence-electron chi connectivity index (χ1n) is 12.8. The van der Waals surface area contributed by atoms with Gasteiger partial charge >= 0.3 is 0 Å². The number of unbranched alkanes of at least 4 members (excludes halogenated alkanes) is 1. The topological polar surface area (TPSA) is 70.2 Å². The summed E-state index contributed by atoms with van der Waals surface area (Å²) in [6, 6.07) is 14.5. The Labute approximate surface area is 208 Å². The van der Waals surface area contributed by atoms with Crippen LogP contribution in [0.5, 0.6) is 5.75 Å². The summed E-state index contributed by atoms with van der Waals surface area (Å²) < 4.78 is 29.3. The fraction of sp³-hybridized carbons (Fsp3) is 0.519. The predicted molar refractivity (Wildman–Crippen MR) is 140 cm³/mol. The highest BCUT2D eigenvalue weighted by molar-refractivity contribution is 7.91. The Balaban J connectivity index is 1.21. The summed E-state index contributed by atoms with van der Waals surface area (Å²) in [5.41, 5.74) is 3.89. The molecule has 8 heteroatoms. The van der Waals surface area contributed by atoms with Gasteiger partial charge in [-0.15, -0.1) is 0 Å². The second-order valence-electron chi connectivity index (χ2n) is 9.82. The molecule has 0 aromatic heterocycles. The van der Waals surface area contributed by atoms with Crippen LogP contribution in [-0.2, 0) is 16.3 Å². The van der Waals surface area contributed by atoms with Crippen molar-refractivity contribution in [2.24, 2.45) is 0 Å². The van der Waals surface area contributed by atoms with Gasteiger partial charge in [0, 0.05) is 55.7 Å². The highest BCUT2D eigenvalue weighted by atomic mass is 32.2. The molecule has 35 heavy (non-hydrogen) atoms. The van der Waals surface area contributed by atoms with Gasteiger partial charge in [-0.05, 0) is 67.3 Å². The molecule has 1 unspecified atom stereocenters. The highest BCUT2D eigenvalue weighted by Gasteiger charge is 2.32. The van der Waals surface area contributed by atoms with Crippen molar-refractivity contribution >= 4 is 27.1 Å². The van der Waals surface area contributed by atoms with Crippen LogP contribution in [0.25, 0.3) is 0 Å². The molecule has 3 heterocycles. The van der Waals surface area contributed by atoms with Crippen molar-refractivity contribution in [2.45, 2.75) is 38.6 Å². The Morgan fingerprint density at radius 2 is 1.71 bits per heavy atom. The number of hydrogen-bond acceptors (Lipinski definition) is 6. The van der Waals surface area contributed by atoms with Gasteiger partial charge in [-0.25, -0.2) is 8.42 Å². The van der Waals surface area contributed by atoms with E-state index in [1.54, 1.807) is 0 Å². The molecule has 0 radical (unpaired) electrons. The van der Waals surface area contributed by atoms with E-state index in [2.05, 4.69) is 28.9 Å². The van der Waals surface area contributed by atoms with Crippen LogP contribution in [0.4, 0.5) is 11.4 Å². The number of hydrogen-bond donors (Lipinski definition) is 0. The second-order valence-corrected chi connectivity index (χ2v) is 12.1. The van der Waals surface area contributed by atoms with E-state index in [1.165, 1.54) is 0 Å². The molecule has 3 aliphatic rings. The van der Waals surface area contributed by atoms with E-state index in [-0.39, 0.29) is 17.4 Å². The number of benzene rings is 2. The maximum absolute atomic E-state index is 13.2. The number of carbonyl (C=O) groups excluding carboxylic acids is 1. The van der Waals surface area contributed by atoms with Crippen molar-refractivity contribution in [3.8, 4) is 5.75 Å². The number of sulfone groups is 1. The predicted octanol–water partition coefficient (Wildman–Crippen LogP) is 3.38. The van der Waals surface area contributed by atoms with Crippen LogP contribution in [0.3, 0.4) is 0 Å². The number of carbonyl (C=O) groups is 1. The molecule has 2 saturated heterocycles. The first-order valence-corrected chi connectivity index (χ1v) is 14.6. The van der Waals surface area contributed by atoms with Crippen LogP contribution in [-0.4, -0.2) is 76.1 Å². The third-order valence-electron chi connectivity index (χ3n) is 7.51. The number of ether oxygens (including phenoxy) is 1. The van der Waals surface area contributed by atoms with E-state index in [9.17, 15) is 13.2 Å². The monoisotopic (exact) mass is 497 g/mol. The van der Waals surface area contributed by atoms with Gasteiger partial charge in [-0.2, -0.15) is 0 Å². The minimum atomic E-state index is -2.85. The van der Waals surface area contributed by atoms with Crippen molar-refractivity contribution in [2.75, 3.05) is 60.6 Å². The number of nitrogens with zero attached hydrogens (tertiary/aromatic N) is 3. The molecule has 0 spiro atoms. The summed E-state index contributed by atoms with van der Waals surface area (Å²) in [6.07, 6.45) is 3.99. The minimum Gasteiger partial charge on any atom is -0.494 e. The third kappa shape index (κ3) is 5.33. The lowest BCUT2D eigenvalue weighted by atomic mass is 9.98. The van der Waals surface area contributed by atoms with Gasteiger partial charge < -0.3 is 14.5 Å². The quantitative estimate of drug-likeness (QED) is 0.547. The number of rotatable bonds is 7. The zero-order chi connectivity index (χ0) is 24.4. The Morgan fingerprint density at radius 3 is 2.46 bits per heavy atom. The first-order chi connectivity index (χ1) is 16.9. The maximum atomic E-state index is 13.2. The van der Waals surface area contributed by atoms with Gasteiger partial charge in [-0.3, -0.25) is 9.69 Å². The summed E-state index contributed by atoms with van der Waals surface area (Å²) in [6.45, 7) is 6.68. The molecule has 2 aromatic rings. The molecule has 188 valence electrons. The van der Waals surface area contributed by atoms with Crippen LogP contribution < -0.4 is 14.5 Å². The van der Waals surface area contributed by atoms with Crippen LogP contribution in [0.15, 0.2) is 42.5 Å². The third-order valence-corrected chi connectivity index (χ3v) is 9.12. The van der Waals surface area contributed by atoms with Gasteiger partial charge in [0.15, 0.2) is 9.84 Å². The van der Waals surface area contributed by atoms with Gasteiger partial charge in [0.1, 0.15) is 5.75 Å². The number of anilines is 2. The van der Waals surface area contributed by atoms with E-state index >= 15 is 0 Å². The van der Waals surface area contributed by atoms with Crippen LogP contribution in [0, 0.1) is 0 Å². The molecule has 1 atom stereocenters. The highest BCUT2D eigenvalue weighted by Crippen LogP contribution is 2.30. The van der Waals surface area contributed by atoms with Gasteiger partial charge in [0.05, 0.1) is 18.1 Å². The van der Waals surface area contributed by atoms with Crippen molar-refractivity contribution in [3.63, 3.8) is 0 Å². The normalized spacial score (nSPS) is 22.3. The van der Waals surface area contributed by atoms with Crippen LogP contribution in [0.1, 0.15) is 42.1 Å². The molecule has 2 aromatic carbocycles. The van der Waals surface area contributed by atoms with Gasteiger partial charge in [-0.1, -0.05) is 13.3 Å². The first kappa shape index (κ1) is 24.1. The fourth-order valence-electron chi connectivity index (χ4n) is 5.34. The Hall–Kier alpha value is -2.58. The lowest BCUT2D eigenvalue weighted by Gasteiger charge is -2.32. The summed E-state index contributed by atoms with van der Waals surface area (Å²) in [5, 5.41) is 0. The van der Waals surface area contributed by atoms with Crippen molar-refractivity contribution < 1.29 is 17.9 Å². The summed E-state index contributed by atoms with van der Waals surface area (Å²) in [7, 11) is -2.85. The largest absolute Gasteiger partial charge is 0.494 e. The SMILES string of the molecule is CCCCOc1ccc2c(c1)CCN(c1ccc(N3CCC(N4CCS(=O)(=O)CC4)C3)cc1)C2=O. The molecule has 2 fully saturated rings. The molecular weight excluding hydrogens is 462 g/mol. The Morgan fingerprint density at radius 1 is 0.971 bits per heavy atom. The average molecular weight is 498 g/mol. The molecule has 3 aliphatic heterocycles. The van der Waals surface area contributed by atoms with Crippen LogP contribution in [0.2, 0.25) is 0 Å². The van der Waals surface area contributed by atoms with E-state index in [0.717, 1.165) is 67.0 Å². The summed E-state index contributed by atoms with van der Waals surface area (Å²) in [5.74, 6) is 1.44. The standard InChI is InChI=1S/C27H35N3O4S/c1-2-3-16-34-25-8-9-26-21(19-25)10-13-30(27(26)31)23-6-4-22(5-7-23)29-12-11-24(20-29)28-14-17-35(32,33)18-15-28/h4-9,19,24H,2-3,10-18,20H2,1H3. The summed E-state index contributed by atoms with van der Waals surface area (Å²) in [4.78, 5) is 19.8. The Kier molecular flexibility index (Phi) is 7.02. The molecule has 0 bridgehead atoms. The van der Waals surface area contributed by atoms with Crippen molar-refractivity contribution in [3.05, 3.63) is 53.6 Å². The fourth-order valence-corrected chi connectivity index (χ4v) is 6.57. The summed E-state index contributed by atoms with van der Waals surface area (Å²) >= 11 is 0. The van der Waals surface area contributed by atoms with E-state index < -0.39 is 9.84 Å². The zero-order valence-corrected chi connectivity index (χ0v) is 21.3. The minimum absolute atomic E-state index is 0.0420. The van der Waals surface area contributed by atoms with E-state index in [0.29, 0.717) is 32.3 Å². The molecule has 1 amide bonds. The van der Waals surface area contributed by atoms with E-state index in [1.807, 2.05) is 35.2 Å². The molecule has 0 saturated carbocycles. The average Bonchev–Trinajstić information content (AvgIpc) is 3.35. The van der Waals surface area contributed by atoms with Crippen molar-refractivity contribution in [1.29, 1.82) is 0 Å².